The zero-order valence-corrected chi connectivity index (χ0v) is 13.6. The Kier molecular flexibility index (Phi) is 5.76. The van der Waals surface area contributed by atoms with E-state index in [0.29, 0.717) is 11.5 Å². The Morgan fingerprint density at radius 3 is 2.13 bits per heavy atom. The fraction of sp³-hybridized carbons (Fsp3) is 0.125. The maximum absolute atomic E-state index is 12.4. The molecule has 0 heterocycles. The van der Waals surface area contributed by atoms with Gasteiger partial charge in [-0.15, -0.1) is 0 Å². The summed E-state index contributed by atoms with van der Waals surface area (Å²) in [6, 6.07) is 14.5. The van der Waals surface area contributed by atoms with E-state index in [4.69, 9.17) is 21.7 Å². The molecule has 0 aromatic heterocycles. The number of methoxy groups -OCH3 is 2. The van der Waals surface area contributed by atoms with E-state index in [9.17, 15) is 4.79 Å². The number of hydrogen-bond acceptors (Lipinski definition) is 5. The van der Waals surface area contributed by atoms with Crippen LogP contribution in [0.15, 0.2) is 48.5 Å². The van der Waals surface area contributed by atoms with Gasteiger partial charge in [-0.2, -0.15) is 0 Å². The van der Waals surface area contributed by atoms with E-state index in [-0.39, 0.29) is 10.7 Å². The number of thiocarbonyl (C=S) groups is 1. The molecule has 7 heteroatoms. The first-order chi connectivity index (χ1) is 11.2. The summed E-state index contributed by atoms with van der Waals surface area (Å²) in [5.74, 6) is 0.382. The number of carbonyl (C=O) groups excluding carboxylic acids is 1. The summed E-state index contributed by atoms with van der Waals surface area (Å²) in [6.07, 6.45) is 0. The van der Waals surface area contributed by atoms with Crippen LogP contribution in [0.4, 0.5) is 5.69 Å². The zero-order valence-electron chi connectivity index (χ0n) is 12.8. The summed E-state index contributed by atoms with van der Waals surface area (Å²) in [4.78, 5) is 12.4. The molecule has 0 radical (unpaired) electrons. The van der Waals surface area contributed by atoms with Crippen molar-refractivity contribution in [3.05, 3.63) is 54.1 Å². The SMILES string of the molecule is COc1cccc(OC)c1C(=O)NC(=S)NNc1ccccc1. The fourth-order valence-corrected chi connectivity index (χ4v) is 2.07. The summed E-state index contributed by atoms with van der Waals surface area (Å²) in [5, 5.41) is 2.71. The molecule has 0 fully saturated rings. The van der Waals surface area contributed by atoms with Crippen LogP contribution in [0, 0.1) is 0 Å². The summed E-state index contributed by atoms with van der Waals surface area (Å²) in [6.45, 7) is 0. The van der Waals surface area contributed by atoms with Crippen LogP contribution in [0.1, 0.15) is 10.4 Å². The summed E-state index contributed by atoms with van der Waals surface area (Å²) in [5.41, 5.74) is 6.73. The summed E-state index contributed by atoms with van der Waals surface area (Å²) < 4.78 is 10.4. The van der Waals surface area contributed by atoms with Crippen molar-refractivity contribution in [2.45, 2.75) is 0 Å². The quantitative estimate of drug-likeness (QED) is 0.577. The molecule has 23 heavy (non-hydrogen) atoms. The van der Waals surface area contributed by atoms with Crippen molar-refractivity contribution in [3.63, 3.8) is 0 Å². The van der Waals surface area contributed by atoms with Crippen molar-refractivity contribution in [1.82, 2.24) is 10.7 Å². The number of carbonyl (C=O) groups is 1. The lowest BCUT2D eigenvalue weighted by Gasteiger charge is -2.15. The highest BCUT2D eigenvalue weighted by Gasteiger charge is 2.18. The first kappa shape index (κ1) is 16.6. The molecule has 0 bridgehead atoms. The smallest absolute Gasteiger partial charge is 0.265 e. The van der Waals surface area contributed by atoms with Crippen molar-refractivity contribution in [1.29, 1.82) is 0 Å². The van der Waals surface area contributed by atoms with Crippen molar-refractivity contribution in [2.24, 2.45) is 0 Å². The van der Waals surface area contributed by atoms with Crippen LogP contribution < -0.4 is 25.6 Å². The minimum absolute atomic E-state index is 0.131. The second-order valence-corrected chi connectivity index (χ2v) is 4.85. The fourth-order valence-electron chi connectivity index (χ4n) is 1.92. The van der Waals surface area contributed by atoms with Crippen LogP contribution in [0.3, 0.4) is 0 Å². The van der Waals surface area contributed by atoms with Gasteiger partial charge >= 0.3 is 0 Å². The van der Waals surface area contributed by atoms with Crippen LogP contribution in [-0.2, 0) is 0 Å². The number of hydrazine groups is 1. The van der Waals surface area contributed by atoms with Gasteiger partial charge in [-0.05, 0) is 36.5 Å². The lowest BCUT2D eigenvalue weighted by Crippen LogP contribution is -2.42. The number of amides is 1. The Morgan fingerprint density at radius 2 is 1.57 bits per heavy atom. The van der Waals surface area contributed by atoms with Crippen LogP contribution >= 0.6 is 12.2 Å². The van der Waals surface area contributed by atoms with Gasteiger partial charge < -0.3 is 9.47 Å². The molecule has 0 aliphatic carbocycles. The predicted molar refractivity (Wildman–Crippen MR) is 92.8 cm³/mol. The van der Waals surface area contributed by atoms with Gasteiger partial charge in [0, 0.05) is 0 Å². The van der Waals surface area contributed by atoms with Crippen LogP contribution in [-0.4, -0.2) is 25.2 Å². The molecule has 0 aliphatic rings. The van der Waals surface area contributed by atoms with Gasteiger partial charge in [-0.3, -0.25) is 21.0 Å². The standard InChI is InChI=1S/C16H17N3O3S/c1-21-12-9-6-10-13(22-2)14(12)15(20)17-16(23)19-18-11-7-4-3-5-8-11/h3-10,18H,1-2H3,(H2,17,19,20,23). The summed E-state index contributed by atoms with van der Waals surface area (Å²) in [7, 11) is 2.97. The van der Waals surface area contributed by atoms with Gasteiger partial charge in [0.05, 0.1) is 19.9 Å². The Balaban J connectivity index is 2.03. The molecule has 0 unspecified atom stereocenters. The molecule has 0 atom stereocenters. The van der Waals surface area contributed by atoms with Gasteiger partial charge in [0.15, 0.2) is 5.11 Å². The molecule has 3 N–H and O–H groups in total. The molecule has 120 valence electrons. The van der Waals surface area contributed by atoms with Gasteiger partial charge in [0.1, 0.15) is 17.1 Å². The molecule has 2 rings (SSSR count). The van der Waals surface area contributed by atoms with E-state index in [2.05, 4.69) is 16.2 Å². The molecule has 2 aromatic carbocycles. The Bertz CT molecular complexity index is 670. The number of benzene rings is 2. The highest BCUT2D eigenvalue weighted by molar-refractivity contribution is 7.80. The van der Waals surface area contributed by atoms with Crippen molar-refractivity contribution >= 4 is 28.9 Å². The number of hydrogen-bond donors (Lipinski definition) is 3. The van der Waals surface area contributed by atoms with E-state index >= 15 is 0 Å². The van der Waals surface area contributed by atoms with Crippen molar-refractivity contribution < 1.29 is 14.3 Å². The molecular weight excluding hydrogens is 314 g/mol. The lowest BCUT2D eigenvalue weighted by molar-refractivity contribution is 0.0970. The van der Waals surface area contributed by atoms with Gasteiger partial charge in [-0.25, -0.2) is 0 Å². The minimum Gasteiger partial charge on any atom is -0.496 e. The van der Waals surface area contributed by atoms with Crippen LogP contribution in [0.25, 0.3) is 0 Å². The van der Waals surface area contributed by atoms with Crippen LogP contribution in [0.5, 0.6) is 11.5 Å². The van der Waals surface area contributed by atoms with E-state index in [0.717, 1.165) is 5.69 Å². The first-order valence-corrected chi connectivity index (χ1v) is 7.20. The number of rotatable bonds is 5. The minimum atomic E-state index is -0.424. The summed E-state index contributed by atoms with van der Waals surface area (Å²) >= 11 is 5.10. The van der Waals surface area contributed by atoms with Gasteiger partial charge in [-0.1, -0.05) is 24.3 Å². The number of anilines is 1. The number of para-hydroxylation sites is 1. The van der Waals surface area contributed by atoms with E-state index in [1.807, 2.05) is 30.3 Å². The Morgan fingerprint density at radius 1 is 0.957 bits per heavy atom. The highest BCUT2D eigenvalue weighted by Crippen LogP contribution is 2.27. The predicted octanol–water partition coefficient (Wildman–Crippen LogP) is 2.34. The zero-order chi connectivity index (χ0) is 16.7. The van der Waals surface area contributed by atoms with Crippen molar-refractivity contribution in [3.8, 4) is 11.5 Å². The molecular formula is C16H17N3O3S. The normalized spacial score (nSPS) is 9.65. The van der Waals surface area contributed by atoms with Crippen LogP contribution in [0.2, 0.25) is 0 Å². The third-order valence-electron chi connectivity index (χ3n) is 2.98. The van der Waals surface area contributed by atoms with Crippen molar-refractivity contribution in [2.75, 3.05) is 19.6 Å². The number of ether oxygens (including phenoxy) is 2. The molecule has 1 amide bonds. The van der Waals surface area contributed by atoms with E-state index in [1.54, 1.807) is 18.2 Å². The maximum atomic E-state index is 12.4. The number of nitrogens with one attached hydrogen (secondary N) is 3. The molecule has 0 saturated heterocycles. The van der Waals surface area contributed by atoms with Gasteiger partial charge in [0.2, 0.25) is 0 Å². The van der Waals surface area contributed by atoms with Gasteiger partial charge in [0.25, 0.3) is 5.91 Å². The maximum Gasteiger partial charge on any atom is 0.265 e. The highest BCUT2D eigenvalue weighted by atomic mass is 32.1. The van der Waals surface area contributed by atoms with E-state index in [1.165, 1.54) is 14.2 Å². The average molecular weight is 331 g/mol. The average Bonchev–Trinajstić information content (AvgIpc) is 2.59. The first-order valence-electron chi connectivity index (χ1n) is 6.79. The lowest BCUT2D eigenvalue weighted by atomic mass is 10.1. The topological polar surface area (TPSA) is 71.6 Å². The second-order valence-electron chi connectivity index (χ2n) is 4.44. The molecule has 0 aliphatic heterocycles. The molecule has 0 spiro atoms. The second kappa shape index (κ2) is 8.00. The Hall–Kier alpha value is -2.80. The third-order valence-corrected chi connectivity index (χ3v) is 3.18. The molecule has 2 aromatic rings. The molecule has 6 nitrogen and oxygen atoms in total. The monoisotopic (exact) mass is 331 g/mol. The molecule has 0 saturated carbocycles. The largest absolute Gasteiger partial charge is 0.496 e. The van der Waals surface area contributed by atoms with E-state index < -0.39 is 5.91 Å². The third kappa shape index (κ3) is 4.33. The Labute approximate surface area is 139 Å².